The fourth-order valence-electron chi connectivity index (χ4n) is 1.56. The maximum Gasteiger partial charge on any atom is 0.100 e. The third kappa shape index (κ3) is 3.86. The fourth-order valence-corrected chi connectivity index (χ4v) is 2.03. The Bertz CT molecular complexity index is 382. The number of anilines is 1. The zero-order valence-corrected chi connectivity index (χ0v) is 11.3. The van der Waals surface area contributed by atoms with Gasteiger partial charge < -0.3 is 5.32 Å². The second kappa shape index (κ2) is 6.55. The summed E-state index contributed by atoms with van der Waals surface area (Å²) in [5.74, 6) is 0. The molecule has 0 aliphatic rings. The van der Waals surface area contributed by atoms with Crippen LogP contribution >= 0.6 is 15.9 Å². The Morgan fingerprint density at radius 1 is 1.50 bits per heavy atom. The molecular weight excluding hydrogens is 264 g/mol. The molecule has 1 aromatic rings. The molecule has 0 bridgehead atoms. The summed E-state index contributed by atoms with van der Waals surface area (Å²) in [5.41, 5.74) is 1.74. The van der Waals surface area contributed by atoms with Crippen LogP contribution < -0.4 is 5.32 Å². The molecule has 0 fully saturated rings. The quantitative estimate of drug-likeness (QED) is 0.872. The second-order valence-electron chi connectivity index (χ2n) is 3.99. The number of halogens is 1. The van der Waals surface area contributed by atoms with Gasteiger partial charge in [-0.1, -0.05) is 19.8 Å². The summed E-state index contributed by atoms with van der Waals surface area (Å²) in [6.45, 7) is 4.38. The van der Waals surface area contributed by atoms with Crippen LogP contribution in [0, 0.1) is 11.3 Å². The Hall–Kier alpha value is -1.01. The molecule has 0 aliphatic carbocycles. The minimum absolute atomic E-state index is 0.472. The van der Waals surface area contributed by atoms with Gasteiger partial charge in [-0.2, -0.15) is 5.26 Å². The van der Waals surface area contributed by atoms with Crippen molar-refractivity contribution in [1.29, 1.82) is 5.26 Å². The van der Waals surface area contributed by atoms with E-state index < -0.39 is 0 Å². The first-order chi connectivity index (χ1) is 7.67. The third-order valence-corrected chi connectivity index (χ3v) is 3.15. The number of hydrogen-bond donors (Lipinski definition) is 1. The normalized spacial score (nSPS) is 11.9. The van der Waals surface area contributed by atoms with Gasteiger partial charge in [0.05, 0.1) is 5.56 Å². The molecule has 16 heavy (non-hydrogen) atoms. The molecule has 0 heterocycles. The zero-order chi connectivity index (χ0) is 12.0. The Morgan fingerprint density at radius 2 is 2.25 bits per heavy atom. The van der Waals surface area contributed by atoms with E-state index in [-0.39, 0.29) is 0 Å². The van der Waals surface area contributed by atoms with E-state index in [1.165, 1.54) is 19.3 Å². The van der Waals surface area contributed by atoms with Crippen LogP contribution in [0.15, 0.2) is 22.7 Å². The maximum atomic E-state index is 8.81. The summed E-state index contributed by atoms with van der Waals surface area (Å²) in [6.07, 6.45) is 3.64. The first kappa shape index (κ1) is 13.1. The molecule has 1 unspecified atom stereocenters. The van der Waals surface area contributed by atoms with Crippen molar-refractivity contribution in [2.24, 2.45) is 0 Å². The van der Waals surface area contributed by atoms with E-state index >= 15 is 0 Å². The van der Waals surface area contributed by atoms with Crippen LogP contribution in [0.3, 0.4) is 0 Å². The maximum absolute atomic E-state index is 8.81. The molecule has 86 valence electrons. The molecule has 0 amide bonds. The van der Waals surface area contributed by atoms with Crippen LogP contribution in [0.4, 0.5) is 5.69 Å². The fraction of sp³-hybridized carbons (Fsp3) is 0.462. The molecule has 2 nitrogen and oxygen atoms in total. The van der Waals surface area contributed by atoms with Gasteiger partial charge in [0.1, 0.15) is 6.07 Å². The lowest BCUT2D eigenvalue weighted by atomic mass is 10.1. The van der Waals surface area contributed by atoms with Gasteiger partial charge in [0.15, 0.2) is 0 Å². The molecule has 0 radical (unpaired) electrons. The van der Waals surface area contributed by atoms with Gasteiger partial charge >= 0.3 is 0 Å². The summed E-state index contributed by atoms with van der Waals surface area (Å²) >= 11 is 3.39. The standard InChI is InChI=1S/C13H17BrN2/c1-3-4-5-10(2)16-12-7-6-11(9-15)13(14)8-12/h6-8,10,16H,3-5H2,1-2H3. The number of nitrogens with one attached hydrogen (secondary N) is 1. The van der Waals surface area contributed by atoms with Crippen molar-refractivity contribution >= 4 is 21.6 Å². The highest BCUT2D eigenvalue weighted by Gasteiger charge is 2.04. The number of nitrogens with zero attached hydrogens (tertiary/aromatic N) is 1. The number of benzene rings is 1. The first-order valence-corrected chi connectivity index (χ1v) is 6.43. The average molecular weight is 281 g/mol. The minimum atomic E-state index is 0.472. The summed E-state index contributed by atoms with van der Waals surface area (Å²) < 4.78 is 0.850. The largest absolute Gasteiger partial charge is 0.383 e. The number of nitriles is 1. The molecule has 0 saturated carbocycles. The lowest BCUT2D eigenvalue weighted by molar-refractivity contribution is 0.645. The van der Waals surface area contributed by atoms with Crippen molar-refractivity contribution in [2.45, 2.75) is 39.2 Å². The van der Waals surface area contributed by atoms with Crippen LogP contribution in [0.1, 0.15) is 38.7 Å². The van der Waals surface area contributed by atoms with Gasteiger partial charge in [0, 0.05) is 16.2 Å². The molecular formula is C13H17BrN2. The number of rotatable bonds is 5. The Labute approximate surface area is 106 Å². The average Bonchev–Trinajstić information content (AvgIpc) is 2.26. The van der Waals surface area contributed by atoms with E-state index in [0.717, 1.165) is 10.2 Å². The lowest BCUT2D eigenvalue weighted by Crippen LogP contribution is -2.14. The topological polar surface area (TPSA) is 35.8 Å². The van der Waals surface area contributed by atoms with Crippen LogP contribution in [-0.2, 0) is 0 Å². The summed E-state index contributed by atoms with van der Waals surface area (Å²) in [7, 11) is 0. The Kier molecular flexibility index (Phi) is 5.34. The van der Waals surface area contributed by atoms with Crippen LogP contribution in [-0.4, -0.2) is 6.04 Å². The van der Waals surface area contributed by atoms with E-state index in [1.807, 2.05) is 18.2 Å². The zero-order valence-electron chi connectivity index (χ0n) is 9.76. The minimum Gasteiger partial charge on any atom is -0.383 e. The van der Waals surface area contributed by atoms with Crippen molar-refractivity contribution in [3.05, 3.63) is 28.2 Å². The Morgan fingerprint density at radius 3 is 2.81 bits per heavy atom. The van der Waals surface area contributed by atoms with Gasteiger partial charge in [-0.3, -0.25) is 0 Å². The second-order valence-corrected chi connectivity index (χ2v) is 4.85. The van der Waals surface area contributed by atoms with Gasteiger partial charge in [-0.05, 0) is 47.5 Å². The predicted molar refractivity (Wildman–Crippen MR) is 71.5 cm³/mol. The molecule has 0 saturated heterocycles. The molecule has 1 N–H and O–H groups in total. The van der Waals surface area contributed by atoms with E-state index in [0.29, 0.717) is 11.6 Å². The van der Waals surface area contributed by atoms with Crippen molar-refractivity contribution in [2.75, 3.05) is 5.32 Å². The van der Waals surface area contributed by atoms with Gasteiger partial charge in [0.2, 0.25) is 0 Å². The molecule has 1 atom stereocenters. The predicted octanol–water partition coefficient (Wildman–Crippen LogP) is 4.31. The molecule has 0 spiro atoms. The third-order valence-electron chi connectivity index (χ3n) is 2.49. The first-order valence-electron chi connectivity index (χ1n) is 5.63. The van der Waals surface area contributed by atoms with Crippen LogP contribution in [0.2, 0.25) is 0 Å². The monoisotopic (exact) mass is 280 g/mol. The number of unbranched alkanes of at least 4 members (excludes halogenated alkanes) is 1. The highest BCUT2D eigenvalue weighted by Crippen LogP contribution is 2.21. The van der Waals surface area contributed by atoms with E-state index in [1.54, 1.807) is 0 Å². The van der Waals surface area contributed by atoms with E-state index in [9.17, 15) is 0 Å². The van der Waals surface area contributed by atoms with Gasteiger partial charge in [-0.15, -0.1) is 0 Å². The molecule has 3 heteroatoms. The number of hydrogen-bond acceptors (Lipinski definition) is 2. The summed E-state index contributed by atoms with van der Waals surface area (Å²) in [5, 5.41) is 12.2. The highest BCUT2D eigenvalue weighted by atomic mass is 79.9. The molecule has 1 rings (SSSR count). The van der Waals surface area contributed by atoms with Crippen molar-refractivity contribution in [1.82, 2.24) is 0 Å². The molecule has 0 aliphatic heterocycles. The van der Waals surface area contributed by atoms with Crippen molar-refractivity contribution in [3.63, 3.8) is 0 Å². The van der Waals surface area contributed by atoms with Crippen LogP contribution in [0.5, 0.6) is 0 Å². The highest BCUT2D eigenvalue weighted by molar-refractivity contribution is 9.10. The SMILES string of the molecule is CCCCC(C)Nc1ccc(C#N)c(Br)c1. The van der Waals surface area contributed by atoms with Crippen molar-refractivity contribution < 1.29 is 0 Å². The van der Waals surface area contributed by atoms with Gasteiger partial charge in [-0.25, -0.2) is 0 Å². The lowest BCUT2D eigenvalue weighted by Gasteiger charge is -2.15. The van der Waals surface area contributed by atoms with E-state index in [4.69, 9.17) is 5.26 Å². The molecule has 0 aromatic heterocycles. The van der Waals surface area contributed by atoms with E-state index in [2.05, 4.69) is 41.2 Å². The summed E-state index contributed by atoms with van der Waals surface area (Å²) in [6, 6.07) is 8.35. The van der Waals surface area contributed by atoms with Crippen LogP contribution in [0.25, 0.3) is 0 Å². The summed E-state index contributed by atoms with van der Waals surface area (Å²) in [4.78, 5) is 0. The van der Waals surface area contributed by atoms with Crippen molar-refractivity contribution in [3.8, 4) is 6.07 Å². The smallest absolute Gasteiger partial charge is 0.100 e. The van der Waals surface area contributed by atoms with Gasteiger partial charge in [0.25, 0.3) is 0 Å². The Balaban J connectivity index is 2.61. The molecule has 1 aromatic carbocycles.